The van der Waals surface area contributed by atoms with Gasteiger partial charge in [-0.3, -0.25) is 0 Å². The smallest absolute Gasteiger partial charge is 0.132 e. The summed E-state index contributed by atoms with van der Waals surface area (Å²) in [5, 5.41) is 3.43. The maximum Gasteiger partial charge on any atom is 0.132 e. The maximum absolute atomic E-state index is 4.56. The topological polar surface area (TPSA) is 41.0 Å². The molecule has 1 N–H and O–H groups in total. The summed E-state index contributed by atoms with van der Waals surface area (Å²) in [6, 6.07) is 2.68. The van der Waals surface area contributed by atoms with E-state index in [1.807, 2.05) is 13.8 Å². The largest absolute Gasteiger partial charge is 0.352 e. The van der Waals surface area contributed by atoms with Crippen LogP contribution in [0.4, 0.5) is 5.82 Å². The van der Waals surface area contributed by atoms with Crippen molar-refractivity contribution in [1.29, 1.82) is 0 Å². The third kappa shape index (κ3) is 2.94. The van der Waals surface area contributed by atoms with Crippen LogP contribution in [0.5, 0.6) is 0 Å². The van der Waals surface area contributed by atoms with Crippen LogP contribution in [0.15, 0.2) is 6.07 Å². The second kappa shape index (κ2) is 5.45. The molecule has 94 valence electrons. The lowest BCUT2D eigenvalue weighted by molar-refractivity contribution is 0.584. The molecule has 1 fully saturated rings. The summed E-state index contributed by atoms with van der Waals surface area (Å²) in [6.07, 6.45) is 2.52. The first kappa shape index (κ1) is 12.3. The van der Waals surface area contributed by atoms with Gasteiger partial charge >= 0.3 is 0 Å². The zero-order chi connectivity index (χ0) is 12.3. The van der Waals surface area contributed by atoms with Gasteiger partial charge in [0.15, 0.2) is 0 Å². The number of hydrogen-bond donors (Lipinski definition) is 1. The Balaban J connectivity index is 2.14. The number of hydrogen-bond acceptors (Lipinski definition) is 4. The number of anilines is 1. The summed E-state index contributed by atoms with van der Waals surface area (Å²) in [6.45, 7) is 9.36. The van der Waals surface area contributed by atoms with Crippen molar-refractivity contribution < 1.29 is 0 Å². The standard InChI is InChI=1S/C13H22N4/c1-4-14-9-12-6-5-7-17(12)13-8-10(2)15-11(3)16-13/h8,12,14H,4-7,9H2,1-3H3. The average Bonchev–Trinajstić information content (AvgIpc) is 2.73. The number of likely N-dealkylation sites (N-methyl/N-ethyl adjacent to an activating group) is 1. The van der Waals surface area contributed by atoms with Gasteiger partial charge in [0, 0.05) is 30.9 Å². The molecule has 0 bridgehead atoms. The van der Waals surface area contributed by atoms with Crippen LogP contribution >= 0.6 is 0 Å². The minimum atomic E-state index is 0.587. The van der Waals surface area contributed by atoms with Gasteiger partial charge in [-0.05, 0) is 33.2 Å². The molecule has 1 saturated heterocycles. The minimum Gasteiger partial charge on any atom is -0.352 e. The summed E-state index contributed by atoms with van der Waals surface area (Å²) in [5.74, 6) is 1.96. The molecule has 1 atom stereocenters. The highest BCUT2D eigenvalue weighted by Crippen LogP contribution is 2.23. The van der Waals surface area contributed by atoms with Gasteiger partial charge in [0.05, 0.1) is 0 Å². The Labute approximate surface area is 103 Å². The van der Waals surface area contributed by atoms with Crippen LogP contribution in [-0.4, -0.2) is 35.6 Å². The van der Waals surface area contributed by atoms with E-state index in [1.54, 1.807) is 0 Å². The van der Waals surface area contributed by atoms with Crippen LogP contribution in [0, 0.1) is 13.8 Å². The summed E-state index contributed by atoms with van der Waals surface area (Å²) in [4.78, 5) is 11.3. The van der Waals surface area contributed by atoms with Crippen molar-refractivity contribution in [1.82, 2.24) is 15.3 Å². The molecule has 1 aromatic heterocycles. The fraction of sp³-hybridized carbons (Fsp3) is 0.692. The quantitative estimate of drug-likeness (QED) is 0.860. The first-order chi connectivity index (χ1) is 8.20. The van der Waals surface area contributed by atoms with Gasteiger partial charge in [-0.2, -0.15) is 0 Å². The lowest BCUT2D eigenvalue weighted by atomic mass is 10.2. The average molecular weight is 234 g/mol. The molecule has 17 heavy (non-hydrogen) atoms. The van der Waals surface area contributed by atoms with Crippen LogP contribution in [-0.2, 0) is 0 Å². The Morgan fingerprint density at radius 1 is 1.41 bits per heavy atom. The normalized spacial score (nSPS) is 19.9. The van der Waals surface area contributed by atoms with Crippen LogP contribution in [0.25, 0.3) is 0 Å². The van der Waals surface area contributed by atoms with E-state index < -0.39 is 0 Å². The summed E-state index contributed by atoms with van der Waals surface area (Å²) >= 11 is 0. The van der Waals surface area contributed by atoms with Gasteiger partial charge in [-0.15, -0.1) is 0 Å². The van der Waals surface area contributed by atoms with E-state index in [9.17, 15) is 0 Å². The monoisotopic (exact) mass is 234 g/mol. The number of nitrogens with zero attached hydrogens (tertiary/aromatic N) is 3. The fourth-order valence-electron chi connectivity index (χ4n) is 2.50. The molecular formula is C13H22N4. The van der Waals surface area contributed by atoms with E-state index in [2.05, 4.69) is 33.2 Å². The first-order valence-electron chi connectivity index (χ1n) is 6.50. The van der Waals surface area contributed by atoms with Crippen molar-refractivity contribution in [3.63, 3.8) is 0 Å². The third-order valence-electron chi connectivity index (χ3n) is 3.25. The Bertz CT molecular complexity index is 357. The van der Waals surface area contributed by atoms with Crippen LogP contribution in [0.2, 0.25) is 0 Å². The zero-order valence-electron chi connectivity index (χ0n) is 11.0. The van der Waals surface area contributed by atoms with Crippen molar-refractivity contribution in [3.8, 4) is 0 Å². The van der Waals surface area contributed by atoms with E-state index in [-0.39, 0.29) is 0 Å². The van der Waals surface area contributed by atoms with E-state index in [4.69, 9.17) is 0 Å². The van der Waals surface area contributed by atoms with Crippen molar-refractivity contribution >= 4 is 5.82 Å². The van der Waals surface area contributed by atoms with Gasteiger partial charge in [0.1, 0.15) is 11.6 Å². The van der Waals surface area contributed by atoms with E-state index in [0.29, 0.717) is 6.04 Å². The van der Waals surface area contributed by atoms with Gasteiger partial charge < -0.3 is 10.2 Å². The predicted molar refractivity (Wildman–Crippen MR) is 70.4 cm³/mol. The molecule has 4 heteroatoms. The van der Waals surface area contributed by atoms with Crippen molar-refractivity contribution in [3.05, 3.63) is 17.6 Å². The molecular weight excluding hydrogens is 212 g/mol. The first-order valence-corrected chi connectivity index (χ1v) is 6.50. The van der Waals surface area contributed by atoms with E-state index in [0.717, 1.165) is 37.0 Å². The predicted octanol–water partition coefficient (Wildman–Crippen LogP) is 1.67. The Morgan fingerprint density at radius 2 is 2.24 bits per heavy atom. The molecule has 0 saturated carbocycles. The molecule has 0 spiro atoms. The van der Waals surface area contributed by atoms with Gasteiger partial charge in [-0.1, -0.05) is 6.92 Å². The third-order valence-corrected chi connectivity index (χ3v) is 3.25. The Hall–Kier alpha value is -1.16. The summed E-state index contributed by atoms with van der Waals surface area (Å²) in [5.41, 5.74) is 1.06. The number of rotatable bonds is 4. The van der Waals surface area contributed by atoms with Crippen LogP contribution in [0.1, 0.15) is 31.3 Å². The second-order valence-electron chi connectivity index (χ2n) is 4.71. The second-order valence-corrected chi connectivity index (χ2v) is 4.71. The molecule has 1 aliphatic heterocycles. The molecule has 1 aromatic rings. The summed E-state index contributed by atoms with van der Waals surface area (Å²) < 4.78 is 0. The minimum absolute atomic E-state index is 0.587. The van der Waals surface area contributed by atoms with Crippen molar-refractivity contribution in [2.24, 2.45) is 0 Å². The van der Waals surface area contributed by atoms with Crippen molar-refractivity contribution in [2.45, 2.75) is 39.7 Å². The highest BCUT2D eigenvalue weighted by atomic mass is 15.2. The highest BCUT2D eigenvalue weighted by molar-refractivity contribution is 5.42. The molecule has 0 radical (unpaired) electrons. The fourth-order valence-corrected chi connectivity index (χ4v) is 2.50. The van der Waals surface area contributed by atoms with E-state index in [1.165, 1.54) is 12.8 Å². The van der Waals surface area contributed by atoms with Gasteiger partial charge in [0.25, 0.3) is 0 Å². The highest BCUT2D eigenvalue weighted by Gasteiger charge is 2.25. The molecule has 1 unspecified atom stereocenters. The van der Waals surface area contributed by atoms with Crippen LogP contribution in [0.3, 0.4) is 0 Å². The zero-order valence-corrected chi connectivity index (χ0v) is 11.0. The molecule has 0 aromatic carbocycles. The molecule has 2 heterocycles. The molecule has 4 nitrogen and oxygen atoms in total. The van der Waals surface area contributed by atoms with Crippen molar-refractivity contribution in [2.75, 3.05) is 24.5 Å². The molecule has 0 aliphatic carbocycles. The van der Waals surface area contributed by atoms with Gasteiger partial charge in [-0.25, -0.2) is 9.97 Å². The van der Waals surface area contributed by atoms with E-state index >= 15 is 0 Å². The summed E-state index contributed by atoms with van der Waals surface area (Å²) in [7, 11) is 0. The lowest BCUT2D eigenvalue weighted by Gasteiger charge is -2.26. The molecule has 0 amide bonds. The number of nitrogens with one attached hydrogen (secondary N) is 1. The SMILES string of the molecule is CCNCC1CCCN1c1cc(C)nc(C)n1. The lowest BCUT2D eigenvalue weighted by Crippen LogP contribution is -2.38. The Kier molecular flexibility index (Phi) is 3.94. The number of aromatic nitrogens is 2. The Morgan fingerprint density at radius 3 is 2.94 bits per heavy atom. The number of aryl methyl sites for hydroxylation is 2. The molecule has 2 rings (SSSR count). The maximum atomic E-state index is 4.56. The van der Waals surface area contributed by atoms with Gasteiger partial charge in [0.2, 0.25) is 0 Å². The molecule has 1 aliphatic rings. The van der Waals surface area contributed by atoms with Crippen LogP contribution < -0.4 is 10.2 Å².